The third-order valence-electron chi connectivity index (χ3n) is 3.71. The molecular formula is C19H24N2O3S. The van der Waals surface area contributed by atoms with Gasteiger partial charge in [-0.2, -0.15) is 11.3 Å². The van der Waals surface area contributed by atoms with Crippen LogP contribution in [0.25, 0.3) is 0 Å². The number of hydrazine groups is 1. The molecule has 134 valence electrons. The maximum atomic E-state index is 11.9. The molecule has 0 bridgehead atoms. The lowest BCUT2D eigenvalue weighted by Crippen LogP contribution is -2.43. The summed E-state index contributed by atoms with van der Waals surface area (Å²) in [7, 11) is 0. The number of aryl methyl sites for hydroxylation is 2. The number of carbonyl (C=O) groups is 2. The molecule has 1 aromatic heterocycles. The molecule has 0 radical (unpaired) electrons. The molecule has 0 unspecified atom stereocenters. The van der Waals surface area contributed by atoms with E-state index in [1.54, 1.807) is 11.3 Å². The molecule has 0 spiro atoms. The number of hydrogen-bond acceptors (Lipinski definition) is 4. The van der Waals surface area contributed by atoms with Gasteiger partial charge in [0.15, 0.2) is 6.61 Å². The smallest absolute Gasteiger partial charge is 0.276 e. The molecule has 0 saturated heterocycles. The molecule has 1 aromatic carbocycles. The Bertz CT molecular complexity index is 711. The van der Waals surface area contributed by atoms with Crippen LogP contribution in [0.2, 0.25) is 0 Å². The Morgan fingerprint density at radius 1 is 1.16 bits per heavy atom. The van der Waals surface area contributed by atoms with E-state index >= 15 is 0 Å². The van der Waals surface area contributed by atoms with Crippen LogP contribution in [0, 0.1) is 6.92 Å². The second-order valence-corrected chi connectivity index (χ2v) is 6.99. The molecule has 6 heteroatoms. The van der Waals surface area contributed by atoms with Crippen molar-refractivity contribution in [1.82, 2.24) is 10.9 Å². The van der Waals surface area contributed by atoms with Gasteiger partial charge in [0, 0.05) is 6.42 Å². The van der Waals surface area contributed by atoms with Crippen molar-refractivity contribution in [1.29, 1.82) is 0 Å². The van der Waals surface area contributed by atoms with Crippen LogP contribution in [-0.2, 0) is 16.0 Å². The Morgan fingerprint density at radius 3 is 2.60 bits per heavy atom. The van der Waals surface area contributed by atoms with Crippen LogP contribution in [0.5, 0.6) is 5.75 Å². The Balaban J connectivity index is 1.75. The zero-order chi connectivity index (χ0) is 18.2. The molecule has 25 heavy (non-hydrogen) atoms. The molecule has 0 atom stereocenters. The summed E-state index contributed by atoms with van der Waals surface area (Å²) in [5.41, 5.74) is 8.05. The van der Waals surface area contributed by atoms with Gasteiger partial charge < -0.3 is 4.74 Å². The zero-order valence-corrected chi connectivity index (χ0v) is 15.6. The van der Waals surface area contributed by atoms with E-state index in [0.717, 1.165) is 16.7 Å². The molecule has 0 aliphatic carbocycles. The monoisotopic (exact) mass is 360 g/mol. The lowest BCUT2D eigenvalue weighted by Gasteiger charge is -2.15. The third-order valence-corrected chi connectivity index (χ3v) is 4.44. The summed E-state index contributed by atoms with van der Waals surface area (Å²) >= 11 is 1.60. The number of carbonyl (C=O) groups excluding carboxylic acids is 2. The first-order valence-electron chi connectivity index (χ1n) is 8.28. The predicted octanol–water partition coefficient (Wildman–Crippen LogP) is 3.34. The van der Waals surface area contributed by atoms with E-state index in [9.17, 15) is 9.59 Å². The topological polar surface area (TPSA) is 67.4 Å². The molecule has 0 aliphatic rings. The number of ether oxygens (including phenoxy) is 1. The van der Waals surface area contributed by atoms with Crippen molar-refractivity contribution < 1.29 is 14.3 Å². The minimum absolute atomic E-state index is 0.145. The quantitative estimate of drug-likeness (QED) is 0.744. The van der Waals surface area contributed by atoms with Crippen LogP contribution in [0.4, 0.5) is 0 Å². The van der Waals surface area contributed by atoms with Gasteiger partial charge in [-0.15, -0.1) is 0 Å². The van der Waals surface area contributed by atoms with Gasteiger partial charge in [0.25, 0.3) is 5.91 Å². The van der Waals surface area contributed by atoms with Gasteiger partial charge in [0.2, 0.25) is 5.91 Å². The summed E-state index contributed by atoms with van der Waals surface area (Å²) in [6, 6.07) is 7.94. The largest absolute Gasteiger partial charge is 0.483 e. The zero-order valence-electron chi connectivity index (χ0n) is 14.8. The van der Waals surface area contributed by atoms with Crippen LogP contribution >= 0.6 is 11.3 Å². The fraction of sp³-hybridized carbons (Fsp3) is 0.368. The number of amides is 2. The average Bonchev–Trinajstić information content (AvgIpc) is 3.09. The highest BCUT2D eigenvalue weighted by molar-refractivity contribution is 7.07. The summed E-state index contributed by atoms with van der Waals surface area (Å²) in [4.78, 5) is 23.6. The summed E-state index contributed by atoms with van der Waals surface area (Å²) in [5, 5.41) is 3.98. The average molecular weight is 360 g/mol. The van der Waals surface area contributed by atoms with Gasteiger partial charge in [0.05, 0.1) is 0 Å². The van der Waals surface area contributed by atoms with Crippen molar-refractivity contribution in [3.8, 4) is 5.75 Å². The molecule has 2 rings (SSSR count). The normalized spacial score (nSPS) is 10.6. The maximum absolute atomic E-state index is 11.9. The first-order valence-corrected chi connectivity index (χ1v) is 9.22. The van der Waals surface area contributed by atoms with Gasteiger partial charge in [-0.25, -0.2) is 0 Å². The number of hydrogen-bond donors (Lipinski definition) is 2. The predicted molar refractivity (Wildman–Crippen MR) is 99.7 cm³/mol. The number of nitrogens with one attached hydrogen (secondary N) is 2. The minimum atomic E-state index is -0.389. The lowest BCUT2D eigenvalue weighted by atomic mass is 10.0. The highest BCUT2D eigenvalue weighted by Crippen LogP contribution is 2.27. The van der Waals surface area contributed by atoms with Crippen LogP contribution in [0.3, 0.4) is 0 Å². The van der Waals surface area contributed by atoms with Gasteiger partial charge in [-0.05, 0) is 58.8 Å². The standard InChI is InChI=1S/C19H24N2O3S/c1-13(2)16-6-4-14(3)10-17(16)24-11-19(23)21-20-18(22)7-5-15-8-9-25-12-15/h4,6,8-10,12-13H,5,7,11H2,1-3H3,(H,20,22)(H,21,23). The second kappa shape index (κ2) is 9.22. The second-order valence-electron chi connectivity index (χ2n) is 6.21. The van der Waals surface area contributed by atoms with Crippen molar-refractivity contribution in [3.05, 3.63) is 51.7 Å². The van der Waals surface area contributed by atoms with Crippen molar-refractivity contribution >= 4 is 23.2 Å². The molecule has 2 aromatic rings. The Labute approximate surface area is 152 Å². The molecule has 0 fully saturated rings. The molecule has 0 aliphatic heterocycles. The van der Waals surface area contributed by atoms with Gasteiger partial charge in [-0.3, -0.25) is 20.4 Å². The molecule has 0 saturated carbocycles. The molecule has 2 amide bonds. The highest BCUT2D eigenvalue weighted by Gasteiger charge is 2.11. The minimum Gasteiger partial charge on any atom is -0.483 e. The van der Waals surface area contributed by atoms with Crippen molar-refractivity contribution in [2.45, 2.75) is 39.5 Å². The number of benzene rings is 1. The molecule has 1 heterocycles. The van der Waals surface area contributed by atoms with Crippen LogP contribution in [0.1, 0.15) is 42.9 Å². The number of rotatable bonds is 7. The van der Waals surface area contributed by atoms with Crippen molar-refractivity contribution in [2.75, 3.05) is 6.61 Å². The fourth-order valence-electron chi connectivity index (χ4n) is 2.32. The molecule has 5 nitrogen and oxygen atoms in total. The van der Waals surface area contributed by atoms with E-state index < -0.39 is 0 Å². The van der Waals surface area contributed by atoms with E-state index in [1.165, 1.54) is 0 Å². The first kappa shape index (κ1) is 19.0. The fourth-order valence-corrected chi connectivity index (χ4v) is 3.02. The molecular weight excluding hydrogens is 336 g/mol. The van der Waals surface area contributed by atoms with E-state index in [0.29, 0.717) is 24.5 Å². The molecule has 2 N–H and O–H groups in total. The van der Waals surface area contributed by atoms with Gasteiger partial charge in [-0.1, -0.05) is 26.0 Å². The first-order chi connectivity index (χ1) is 12.0. The van der Waals surface area contributed by atoms with Crippen LogP contribution in [0.15, 0.2) is 35.0 Å². The van der Waals surface area contributed by atoms with E-state index in [1.807, 2.05) is 41.9 Å². The maximum Gasteiger partial charge on any atom is 0.276 e. The van der Waals surface area contributed by atoms with Crippen LogP contribution < -0.4 is 15.6 Å². The Morgan fingerprint density at radius 2 is 1.92 bits per heavy atom. The third kappa shape index (κ3) is 6.23. The van der Waals surface area contributed by atoms with Crippen molar-refractivity contribution in [3.63, 3.8) is 0 Å². The number of thiophene rings is 1. The van der Waals surface area contributed by atoms with Gasteiger partial charge in [0.1, 0.15) is 5.75 Å². The Kier molecular flexibility index (Phi) is 7.01. The Hall–Kier alpha value is -2.34. The summed E-state index contributed by atoms with van der Waals surface area (Å²) in [6.45, 7) is 5.98. The lowest BCUT2D eigenvalue weighted by molar-refractivity contribution is -0.130. The summed E-state index contributed by atoms with van der Waals surface area (Å²) in [5.74, 6) is 0.391. The van der Waals surface area contributed by atoms with Gasteiger partial charge >= 0.3 is 0 Å². The van der Waals surface area contributed by atoms with E-state index in [4.69, 9.17) is 4.74 Å². The summed E-state index contributed by atoms with van der Waals surface area (Å²) in [6.07, 6.45) is 0.982. The summed E-state index contributed by atoms with van der Waals surface area (Å²) < 4.78 is 5.63. The van der Waals surface area contributed by atoms with Crippen molar-refractivity contribution in [2.24, 2.45) is 0 Å². The van der Waals surface area contributed by atoms with E-state index in [2.05, 4.69) is 24.7 Å². The SMILES string of the molecule is Cc1ccc(C(C)C)c(OCC(=O)NNC(=O)CCc2ccsc2)c1. The van der Waals surface area contributed by atoms with E-state index in [-0.39, 0.29) is 18.4 Å². The van der Waals surface area contributed by atoms with Crippen LogP contribution in [-0.4, -0.2) is 18.4 Å². The highest BCUT2D eigenvalue weighted by atomic mass is 32.1.